The molecule has 1 atom stereocenters. The molecule has 0 saturated carbocycles. The summed E-state index contributed by atoms with van der Waals surface area (Å²) in [6, 6.07) is 11.3. The number of benzene rings is 2. The van der Waals surface area contributed by atoms with E-state index in [-0.39, 0.29) is 11.1 Å². The minimum atomic E-state index is -4.84. The van der Waals surface area contributed by atoms with Crippen molar-refractivity contribution in [3.8, 4) is 0 Å². The van der Waals surface area contributed by atoms with Gasteiger partial charge in [-0.3, -0.25) is 0 Å². The molecule has 0 aliphatic rings. The zero-order valence-corrected chi connectivity index (χ0v) is 13.6. The largest absolute Gasteiger partial charge is 0.425 e. The molecule has 0 radical (unpaired) electrons. The van der Waals surface area contributed by atoms with E-state index in [1.165, 1.54) is 30.3 Å². The molecule has 0 bridgehead atoms. The summed E-state index contributed by atoms with van der Waals surface area (Å²) in [7, 11) is 3.58. The van der Waals surface area contributed by atoms with E-state index in [4.69, 9.17) is 0 Å². The smallest absolute Gasteiger partial charge is 0.378 e. The van der Waals surface area contributed by atoms with E-state index in [0.717, 1.165) is 5.69 Å². The minimum absolute atomic E-state index is 0.219. The van der Waals surface area contributed by atoms with Gasteiger partial charge in [-0.2, -0.15) is 13.2 Å². The van der Waals surface area contributed by atoms with Gasteiger partial charge in [-0.05, 0) is 35.4 Å². The van der Waals surface area contributed by atoms with Gasteiger partial charge in [-0.15, -0.1) is 0 Å². The Hall–Kier alpha value is -1.53. The predicted octanol–water partition coefficient (Wildman–Crippen LogP) is 4.31. The van der Waals surface area contributed by atoms with E-state index in [9.17, 15) is 18.3 Å². The normalized spacial score (nSPS) is 14.5. The van der Waals surface area contributed by atoms with E-state index in [1.807, 2.05) is 0 Å². The molecule has 118 valence electrons. The molecule has 1 N–H and O–H groups in total. The van der Waals surface area contributed by atoms with Crippen LogP contribution in [-0.4, -0.2) is 25.4 Å². The molecule has 0 amide bonds. The van der Waals surface area contributed by atoms with Crippen LogP contribution in [0, 0.1) is 0 Å². The van der Waals surface area contributed by atoms with Crippen LogP contribution >= 0.6 is 15.9 Å². The maximum absolute atomic E-state index is 13.6. The highest BCUT2D eigenvalue weighted by Crippen LogP contribution is 2.44. The highest BCUT2D eigenvalue weighted by Gasteiger charge is 2.56. The number of alkyl halides is 3. The average Bonchev–Trinajstić information content (AvgIpc) is 2.45. The van der Waals surface area contributed by atoms with E-state index < -0.39 is 11.8 Å². The monoisotopic (exact) mass is 373 g/mol. The summed E-state index contributed by atoms with van der Waals surface area (Å²) in [4.78, 5) is 1.77. The van der Waals surface area contributed by atoms with Crippen LogP contribution in [0.3, 0.4) is 0 Å². The zero-order valence-electron chi connectivity index (χ0n) is 12.0. The fourth-order valence-electron chi connectivity index (χ4n) is 2.21. The van der Waals surface area contributed by atoms with Gasteiger partial charge in [0.25, 0.3) is 0 Å². The third kappa shape index (κ3) is 2.98. The third-order valence-corrected chi connectivity index (χ3v) is 3.95. The third-order valence-electron chi connectivity index (χ3n) is 3.45. The lowest BCUT2D eigenvalue weighted by Gasteiger charge is -2.32. The van der Waals surface area contributed by atoms with Gasteiger partial charge >= 0.3 is 6.18 Å². The number of halogens is 4. The molecular weight excluding hydrogens is 359 g/mol. The lowest BCUT2D eigenvalue weighted by molar-refractivity contribution is -0.248. The first-order valence-corrected chi connectivity index (χ1v) is 7.28. The van der Waals surface area contributed by atoms with Gasteiger partial charge in [0.15, 0.2) is 0 Å². The summed E-state index contributed by atoms with van der Waals surface area (Å²) in [5.74, 6) is 0. The molecular formula is C16H15BrF3NO. The van der Waals surface area contributed by atoms with E-state index in [1.54, 1.807) is 37.2 Å². The molecule has 2 aromatic carbocycles. The van der Waals surface area contributed by atoms with Crippen molar-refractivity contribution in [1.82, 2.24) is 0 Å². The first kappa shape index (κ1) is 16.8. The lowest BCUT2D eigenvalue weighted by atomic mass is 9.85. The number of aliphatic hydroxyl groups is 1. The molecule has 0 aliphatic carbocycles. The molecule has 0 aromatic heterocycles. The molecule has 0 heterocycles. The van der Waals surface area contributed by atoms with Gasteiger partial charge in [0.1, 0.15) is 0 Å². The van der Waals surface area contributed by atoms with Crippen molar-refractivity contribution in [2.24, 2.45) is 0 Å². The molecule has 2 nitrogen and oxygen atoms in total. The standard InChI is InChI=1S/C16H15BrF3NO/c1-21(2)14-8-6-11(7-9-14)15(22,16(18,19)20)12-4-3-5-13(17)10-12/h3-10,22H,1-2H3. The fraction of sp³-hybridized carbons (Fsp3) is 0.250. The Morgan fingerprint density at radius 2 is 1.55 bits per heavy atom. The quantitative estimate of drug-likeness (QED) is 0.866. The molecule has 0 spiro atoms. The second-order valence-electron chi connectivity index (χ2n) is 5.16. The molecule has 6 heteroatoms. The Bertz CT molecular complexity index is 655. The van der Waals surface area contributed by atoms with Crippen molar-refractivity contribution >= 4 is 21.6 Å². The van der Waals surface area contributed by atoms with Crippen LogP contribution in [0.2, 0.25) is 0 Å². The summed E-state index contributed by atoms with van der Waals surface area (Å²) in [5.41, 5.74) is -2.75. The first-order valence-electron chi connectivity index (χ1n) is 6.49. The van der Waals surface area contributed by atoms with Gasteiger partial charge < -0.3 is 10.0 Å². The van der Waals surface area contributed by atoms with Crippen LogP contribution in [0.15, 0.2) is 53.0 Å². The lowest BCUT2D eigenvalue weighted by Crippen LogP contribution is -2.43. The van der Waals surface area contributed by atoms with Gasteiger partial charge in [0, 0.05) is 24.3 Å². The number of hydrogen-bond donors (Lipinski definition) is 1. The average molecular weight is 374 g/mol. The van der Waals surface area contributed by atoms with Crippen LogP contribution < -0.4 is 4.90 Å². The summed E-state index contributed by atoms with van der Waals surface area (Å²) >= 11 is 3.14. The zero-order chi connectivity index (χ0) is 16.5. The molecule has 2 rings (SSSR count). The summed E-state index contributed by atoms with van der Waals surface area (Å²) in [6.45, 7) is 0. The molecule has 22 heavy (non-hydrogen) atoms. The number of rotatable bonds is 3. The fourth-order valence-corrected chi connectivity index (χ4v) is 2.61. The second-order valence-corrected chi connectivity index (χ2v) is 6.08. The van der Waals surface area contributed by atoms with Gasteiger partial charge in [-0.25, -0.2) is 0 Å². The Morgan fingerprint density at radius 1 is 0.955 bits per heavy atom. The predicted molar refractivity (Wildman–Crippen MR) is 84.0 cm³/mol. The van der Waals surface area contributed by atoms with Crippen molar-refractivity contribution in [3.05, 3.63) is 64.1 Å². The second kappa shape index (κ2) is 5.93. The molecule has 2 aromatic rings. The van der Waals surface area contributed by atoms with Gasteiger partial charge in [0.05, 0.1) is 0 Å². The Balaban J connectivity index is 2.60. The van der Waals surface area contributed by atoms with E-state index in [0.29, 0.717) is 4.47 Å². The highest BCUT2D eigenvalue weighted by molar-refractivity contribution is 9.10. The summed E-state index contributed by atoms with van der Waals surface area (Å²) in [6.07, 6.45) is -4.84. The van der Waals surface area contributed by atoms with Crippen LogP contribution in [0.25, 0.3) is 0 Å². The van der Waals surface area contributed by atoms with E-state index >= 15 is 0 Å². The summed E-state index contributed by atoms with van der Waals surface area (Å²) < 4.78 is 41.2. The molecule has 1 unspecified atom stereocenters. The van der Waals surface area contributed by atoms with Crippen molar-refractivity contribution in [2.75, 3.05) is 19.0 Å². The Morgan fingerprint density at radius 3 is 2.00 bits per heavy atom. The SMILES string of the molecule is CN(C)c1ccc(C(O)(c2cccc(Br)c2)C(F)(F)F)cc1. The van der Waals surface area contributed by atoms with E-state index in [2.05, 4.69) is 15.9 Å². The minimum Gasteiger partial charge on any atom is -0.378 e. The van der Waals surface area contributed by atoms with Crippen molar-refractivity contribution in [1.29, 1.82) is 0 Å². The molecule has 0 saturated heterocycles. The van der Waals surface area contributed by atoms with Crippen molar-refractivity contribution in [3.63, 3.8) is 0 Å². The van der Waals surface area contributed by atoms with Crippen LogP contribution in [0.1, 0.15) is 11.1 Å². The molecule has 0 aliphatic heterocycles. The topological polar surface area (TPSA) is 23.5 Å². The van der Waals surface area contributed by atoms with Crippen LogP contribution in [0.5, 0.6) is 0 Å². The molecule has 0 fully saturated rings. The Kier molecular flexibility index (Phi) is 4.54. The number of hydrogen-bond acceptors (Lipinski definition) is 2. The number of anilines is 1. The maximum atomic E-state index is 13.6. The Labute approximate surface area is 135 Å². The maximum Gasteiger partial charge on any atom is 0.425 e. The van der Waals surface area contributed by atoms with Crippen LogP contribution in [-0.2, 0) is 5.60 Å². The van der Waals surface area contributed by atoms with Gasteiger partial charge in [-0.1, -0.05) is 40.2 Å². The number of nitrogens with zero attached hydrogens (tertiary/aromatic N) is 1. The van der Waals surface area contributed by atoms with Crippen molar-refractivity contribution < 1.29 is 18.3 Å². The first-order chi connectivity index (χ1) is 10.2. The summed E-state index contributed by atoms with van der Waals surface area (Å²) in [5, 5.41) is 10.5. The van der Waals surface area contributed by atoms with Crippen LogP contribution in [0.4, 0.5) is 18.9 Å². The highest BCUT2D eigenvalue weighted by atomic mass is 79.9. The van der Waals surface area contributed by atoms with Crippen molar-refractivity contribution in [2.45, 2.75) is 11.8 Å². The van der Waals surface area contributed by atoms with Gasteiger partial charge in [0.2, 0.25) is 5.60 Å².